The first kappa shape index (κ1) is 21.2. The third kappa shape index (κ3) is 4.84. The summed E-state index contributed by atoms with van der Waals surface area (Å²) in [5.41, 5.74) is 4.57. The molecular formula is C24H24FN3O2S. The molecule has 4 rings (SSSR count). The molecule has 0 fully saturated rings. The molecule has 0 aliphatic heterocycles. The fourth-order valence-corrected chi connectivity index (χ4v) is 4.32. The number of rotatable bonds is 8. The Bertz CT molecular complexity index is 1170. The van der Waals surface area contributed by atoms with Gasteiger partial charge in [0.25, 0.3) is 5.91 Å². The number of carbonyl (C=O) groups is 1. The van der Waals surface area contributed by atoms with Gasteiger partial charge in [-0.15, -0.1) is 11.3 Å². The molecular weight excluding hydrogens is 413 g/mol. The highest BCUT2D eigenvalue weighted by atomic mass is 32.1. The molecule has 0 aliphatic carbocycles. The number of hydrogen-bond donors (Lipinski definition) is 0. The van der Waals surface area contributed by atoms with Crippen LogP contribution in [-0.4, -0.2) is 47.0 Å². The number of nitrogens with zero attached hydrogens (tertiary/aromatic N) is 3. The van der Waals surface area contributed by atoms with Crippen LogP contribution in [0.4, 0.5) is 4.39 Å². The van der Waals surface area contributed by atoms with Gasteiger partial charge >= 0.3 is 0 Å². The van der Waals surface area contributed by atoms with Gasteiger partial charge in [0.1, 0.15) is 5.82 Å². The molecule has 160 valence electrons. The Kier molecular flexibility index (Phi) is 6.44. The third-order valence-electron chi connectivity index (χ3n) is 5.21. The third-order valence-corrected chi connectivity index (χ3v) is 6.10. The first-order valence-electron chi connectivity index (χ1n) is 10.1. The molecule has 0 atom stereocenters. The van der Waals surface area contributed by atoms with Crippen molar-refractivity contribution < 1.29 is 13.9 Å². The fourth-order valence-electron chi connectivity index (χ4n) is 3.41. The minimum Gasteiger partial charge on any atom is -0.383 e. The minimum absolute atomic E-state index is 0.00107. The van der Waals surface area contributed by atoms with E-state index in [-0.39, 0.29) is 11.7 Å². The Balaban J connectivity index is 1.51. The maximum Gasteiger partial charge on any atom is 0.253 e. The topological polar surface area (TPSA) is 46.8 Å². The summed E-state index contributed by atoms with van der Waals surface area (Å²) in [4.78, 5) is 20.4. The lowest BCUT2D eigenvalue weighted by molar-refractivity contribution is 0.0697. The number of fused-ring (bicyclic) bond motifs is 1. The summed E-state index contributed by atoms with van der Waals surface area (Å²) in [7, 11) is 1.64. The van der Waals surface area contributed by atoms with Gasteiger partial charge in [0.15, 0.2) is 4.96 Å². The summed E-state index contributed by atoms with van der Waals surface area (Å²) in [6.45, 7) is 3.59. The Morgan fingerprint density at radius 3 is 2.58 bits per heavy atom. The number of aryl methyl sites for hydroxylation is 1. The van der Waals surface area contributed by atoms with Crippen molar-refractivity contribution in [1.82, 2.24) is 14.3 Å². The van der Waals surface area contributed by atoms with Crippen molar-refractivity contribution in [3.8, 4) is 11.3 Å². The van der Waals surface area contributed by atoms with Crippen LogP contribution in [0.3, 0.4) is 0 Å². The molecule has 0 spiro atoms. The zero-order chi connectivity index (χ0) is 21.8. The number of hydrogen-bond acceptors (Lipinski definition) is 4. The highest BCUT2D eigenvalue weighted by Gasteiger charge is 2.17. The number of methoxy groups -OCH3 is 1. The van der Waals surface area contributed by atoms with E-state index in [9.17, 15) is 9.18 Å². The van der Waals surface area contributed by atoms with Crippen LogP contribution in [0.25, 0.3) is 16.2 Å². The Morgan fingerprint density at radius 1 is 1.13 bits per heavy atom. The van der Waals surface area contributed by atoms with Crippen molar-refractivity contribution in [1.29, 1.82) is 0 Å². The van der Waals surface area contributed by atoms with E-state index in [2.05, 4.69) is 10.4 Å². The van der Waals surface area contributed by atoms with Crippen molar-refractivity contribution in [3.63, 3.8) is 0 Å². The van der Waals surface area contributed by atoms with Gasteiger partial charge in [-0.1, -0.05) is 17.7 Å². The highest BCUT2D eigenvalue weighted by molar-refractivity contribution is 7.15. The molecule has 31 heavy (non-hydrogen) atoms. The lowest BCUT2D eigenvalue weighted by Gasteiger charge is -2.22. The maximum absolute atomic E-state index is 13.2. The van der Waals surface area contributed by atoms with E-state index in [4.69, 9.17) is 4.74 Å². The van der Waals surface area contributed by atoms with Gasteiger partial charge in [-0.25, -0.2) is 9.37 Å². The highest BCUT2D eigenvalue weighted by Crippen LogP contribution is 2.24. The zero-order valence-corrected chi connectivity index (χ0v) is 18.4. The van der Waals surface area contributed by atoms with Crippen molar-refractivity contribution >= 4 is 22.2 Å². The predicted molar refractivity (Wildman–Crippen MR) is 121 cm³/mol. The first-order chi connectivity index (χ1) is 15.0. The van der Waals surface area contributed by atoms with E-state index in [1.54, 1.807) is 30.6 Å². The molecule has 0 bridgehead atoms. The summed E-state index contributed by atoms with van der Waals surface area (Å²) >= 11 is 1.56. The van der Waals surface area contributed by atoms with E-state index >= 15 is 0 Å². The molecule has 2 aromatic heterocycles. The van der Waals surface area contributed by atoms with Crippen LogP contribution in [0.2, 0.25) is 0 Å². The van der Waals surface area contributed by atoms with E-state index in [0.29, 0.717) is 31.7 Å². The number of ether oxygens (including phenoxy) is 1. The minimum atomic E-state index is -0.264. The zero-order valence-electron chi connectivity index (χ0n) is 17.5. The van der Waals surface area contributed by atoms with E-state index < -0.39 is 0 Å². The van der Waals surface area contributed by atoms with Crippen LogP contribution < -0.4 is 0 Å². The van der Waals surface area contributed by atoms with Crippen molar-refractivity contribution in [3.05, 3.63) is 82.7 Å². The molecule has 2 heterocycles. The van der Waals surface area contributed by atoms with Crippen LogP contribution in [0.1, 0.15) is 21.6 Å². The Hall–Kier alpha value is -3.03. The van der Waals surface area contributed by atoms with Crippen LogP contribution in [0.5, 0.6) is 0 Å². The quantitative estimate of drug-likeness (QED) is 0.396. The van der Waals surface area contributed by atoms with Crippen LogP contribution in [0, 0.1) is 12.7 Å². The van der Waals surface area contributed by atoms with Gasteiger partial charge in [0, 0.05) is 55.0 Å². The van der Waals surface area contributed by atoms with Gasteiger partial charge < -0.3 is 9.64 Å². The van der Waals surface area contributed by atoms with Crippen molar-refractivity contribution in [2.75, 3.05) is 26.8 Å². The summed E-state index contributed by atoms with van der Waals surface area (Å²) in [5, 5.41) is 2.07. The number of carbonyl (C=O) groups excluding carboxylic acids is 1. The number of amides is 1. The molecule has 0 aliphatic rings. The molecule has 5 nitrogen and oxygen atoms in total. The summed E-state index contributed by atoms with van der Waals surface area (Å²) < 4.78 is 20.5. The summed E-state index contributed by atoms with van der Waals surface area (Å²) in [6, 6.07) is 14.0. The molecule has 0 N–H and O–H groups in total. The van der Waals surface area contributed by atoms with E-state index in [1.165, 1.54) is 12.1 Å². The molecule has 0 unspecified atom stereocenters. The van der Waals surface area contributed by atoms with Crippen LogP contribution in [-0.2, 0) is 11.2 Å². The predicted octanol–water partition coefficient (Wildman–Crippen LogP) is 4.84. The van der Waals surface area contributed by atoms with Gasteiger partial charge in [-0.05, 0) is 43.3 Å². The van der Waals surface area contributed by atoms with Gasteiger partial charge in [0.05, 0.1) is 12.3 Å². The van der Waals surface area contributed by atoms with Gasteiger partial charge in [-0.2, -0.15) is 0 Å². The molecule has 1 amide bonds. The van der Waals surface area contributed by atoms with Gasteiger partial charge in [-0.3, -0.25) is 9.20 Å². The summed E-state index contributed by atoms with van der Waals surface area (Å²) in [5.74, 6) is -0.263. The summed E-state index contributed by atoms with van der Waals surface area (Å²) in [6.07, 6.45) is 2.66. The number of aromatic nitrogens is 2. The van der Waals surface area contributed by atoms with E-state index in [1.807, 2.05) is 46.7 Å². The average molecular weight is 438 g/mol. The van der Waals surface area contributed by atoms with Crippen LogP contribution in [0.15, 0.2) is 60.1 Å². The average Bonchev–Trinajstić information content (AvgIpc) is 3.36. The molecule has 7 heteroatoms. The molecule has 2 aromatic carbocycles. The lowest BCUT2D eigenvalue weighted by Crippen LogP contribution is -2.35. The second-order valence-electron chi connectivity index (χ2n) is 7.41. The largest absolute Gasteiger partial charge is 0.383 e. The monoisotopic (exact) mass is 437 g/mol. The molecule has 0 saturated carbocycles. The number of halogens is 1. The Morgan fingerprint density at radius 2 is 1.87 bits per heavy atom. The van der Waals surface area contributed by atoms with Crippen molar-refractivity contribution in [2.45, 2.75) is 13.3 Å². The first-order valence-corrected chi connectivity index (χ1v) is 11.0. The number of thiazole rings is 1. The normalized spacial score (nSPS) is 11.2. The van der Waals surface area contributed by atoms with Crippen molar-refractivity contribution in [2.24, 2.45) is 0 Å². The fraction of sp³-hybridized carbons (Fsp3) is 0.250. The maximum atomic E-state index is 13.2. The second-order valence-corrected chi connectivity index (χ2v) is 8.25. The molecule has 4 aromatic rings. The van der Waals surface area contributed by atoms with Crippen LogP contribution >= 0.6 is 11.3 Å². The smallest absolute Gasteiger partial charge is 0.253 e. The molecule has 0 radical (unpaired) electrons. The van der Waals surface area contributed by atoms with E-state index in [0.717, 1.165) is 27.5 Å². The number of imidazole rings is 1. The second kappa shape index (κ2) is 9.41. The standard InChI is InChI=1S/C24H24FN3O2S/c1-17-3-5-19(6-4-17)23(29)27(13-14-30-2)12-11-21-16-31-24-26-22(15-28(21)24)18-7-9-20(25)10-8-18/h3-10,15-16H,11-14H2,1-2H3. The lowest BCUT2D eigenvalue weighted by atomic mass is 10.1. The Labute approximate surface area is 184 Å². The van der Waals surface area contributed by atoms with Gasteiger partial charge in [0.2, 0.25) is 0 Å². The molecule has 0 saturated heterocycles. The SMILES string of the molecule is COCCN(CCc1csc2nc(-c3ccc(F)cc3)cn12)C(=O)c1ccc(C)cc1. The number of benzene rings is 2.